The number of hydrogen-bond donors (Lipinski definition) is 2. The van der Waals surface area contributed by atoms with Crippen molar-refractivity contribution in [3.05, 3.63) is 58.6 Å². The second-order valence-electron chi connectivity index (χ2n) is 6.22. The number of halogens is 1. The number of carbonyl (C=O) groups is 2. The smallest absolute Gasteiger partial charge is 0.260 e. The third kappa shape index (κ3) is 6.68. The van der Waals surface area contributed by atoms with Crippen molar-refractivity contribution >= 4 is 54.9 Å². The van der Waals surface area contributed by atoms with E-state index in [-0.39, 0.29) is 5.91 Å². The van der Waals surface area contributed by atoms with E-state index in [1.165, 1.54) is 6.92 Å². The van der Waals surface area contributed by atoms with Crippen LogP contribution in [0.15, 0.2) is 58.1 Å². The molecule has 10 heteroatoms. The predicted molar refractivity (Wildman–Crippen MR) is 117 cm³/mol. The van der Waals surface area contributed by atoms with E-state index in [0.29, 0.717) is 27.1 Å². The van der Waals surface area contributed by atoms with Gasteiger partial charge < -0.3 is 5.32 Å². The average molecular weight is 481 g/mol. The molecule has 0 saturated carbocycles. The number of nitrogens with one attached hydrogen (secondary N) is 2. The van der Waals surface area contributed by atoms with E-state index in [0.717, 1.165) is 10.6 Å². The van der Waals surface area contributed by atoms with E-state index in [2.05, 4.69) is 31.8 Å². The van der Waals surface area contributed by atoms with Crippen LogP contribution in [-0.2, 0) is 19.6 Å². The van der Waals surface area contributed by atoms with Crippen molar-refractivity contribution in [3.8, 4) is 0 Å². The molecule has 0 aliphatic heterocycles. The molecule has 2 rings (SSSR count). The van der Waals surface area contributed by atoms with Crippen molar-refractivity contribution < 1.29 is 18.0 Å². The van der Waals surface area contributed by atoms with E-state index in [4.69, 9.17) is 0 Å². The van der Waals surface area contributed by atoms with Crippen molar-refractivity contribution in [1.82, 2.24) is 5.43 Å². The molecule has 0 unspecified atom stereocenters. The lowest BCUT2D eigenvalue weighted by molar-refractivity contribution is -0.119. The number of nitrogens with zero attached hydrogens (tertiary/aromatic N) is 2. The highest BCUT2D eigenvalue weighted by atomic mass is 79.9. The van der Waals surface area contributed by atoms with Crippen LogP contribution in [0.5, 0.6) is 0 Å². The highest BCUT2D eigenvalue weighted by molar-refractivity contribution is 9.10. The Hall–Kier alpha value is -2.72. The Bertz CT molecular complexity index is 1050. The molecule has 2 aromatic rings. The molecule has 0 bridgehead atoms. The van der Waals surface area contributed by atoms with Crippen LogP contribution >= 0.6 is 15.9 Å². The fourth-order valence-corrected chi connectivity index (χ4v) is 3.92. The molecule has 0 aromatic heterocycles. The summed E-state index contributed by atoms with van der Waals surface area (Å²) >= 11 is 3.30. The van der Waals surface area contributed by atoms with Gasteiger partial charge in [0.2, 0.25) is 15.9 Å². The molecule has 0 atom stereocenters. The zero-order valence-corrected chi connectivity index (χ0v) is 18.5. The summed E-state index contributed by atoms with van der Waals surface area (Å²) in [5, 5.41) is 6.71. The molecule has 0 heterocycles. The molecule has 2 amide bonds. The molecule has 0 fully saturated rings. The largest absolute Gasteiger partial charge is 0.326 e. The zero-order valence-electron chi connectivity index (χ0n) is 16.1. The Morgan fingerprint density at radius 2 is 1.79 bits per heavy atom. The van der Waals surface area contributed by atoms with Crippen molar-refractivity contribution in [2.75, 3.05) is 22.4 Å². The number of carbonyl (C=O) groups excluding carboxylic acids is 2. The summed E-state index contributed by atoms with van der Waals surface area (Å²) in [6.07, 6.45) is 1.03. The summed E-state index contributed by atoms with van der Waals surface area (Å²) in [4.78, 5) is 23.5. The van der Waals surface area contributed by atoms with Crippen LogP contribution in [0.25, 0.3) is 0 Å². The quantitative estimate of drug-likeness (QED) is 0.468. The van der Waals surface area contributed by atoms with Crippen LogP contribution in [0.1, 0.15) is 19.4 Å². The van der Waals surface area contributed by atoms with Crippen molar-refractivity contribution in [2.45, 2.75) is 13.8 Å². The molecular weight excluding hydrogens is 460 g/mol. The monoisotopic (exact) mass is 480 g/mol. The second kappa shape index (κ2) is 9.66. The van der Waals surface area contributed by atoms with Crippen LogP contribution in [0.4, 0.5) is 11.4 Å². The maximum Gasteiger partial charge on any atom is 0.260 e. The summed E-state index contributed by atoms with van der Waals surface area (Å²) in [5.41, 5.74) is 4.53. The first-order valence-electron chi connectivity index (χ1n) is 8.51. The summed E-state index contributed by atoms with van der Waals surface area (Å²) in [6, 6.07) is 13.7. The molecule has 29 heavy (non-hydrogen) atoms. The lowest BCUT2D eigenvalue weighted by Crippen LogP contribution is -2.39. The minimum Gasteiger partial charge on any atom is -0.326 e. The number of benzene rings is 2. The molecule has 0 radical (unpaired) electrons. The number of rotatable bonds is 7. The summed E-state index contributed by atoms with van der Waals surface area (Å²) in [5.74, 6) is -0.790. The summed E-state index contributed by atoms with van der Waals surface area (Å²) in [6.45, 7) is 2.67. The molecule has 154 valence electrons. The topological polar surface area (TPSA) is 108 Å². The maximum absolute atomic E-state index is 12.3. The van der Waals surface area contributed by atoms with Crippen LogP contribution in [0, 0.1) is 0 Å². The van der Waals surface area contributed by atoms with Gasteiger partial charge in [0.25, 0.3) is 5.91 Å². The maximum atomic E-state index is 12.3. The molecule has 2 N–H and O–H groups in total. The number of amides is 2. The first kappa shape index (κ1) is 22.6. The van der Waals surface area contributed by atoms with E-state index < -0.39 is 22.5 Å². The minimum absolute atomic E-state index is 0.196. The van der Waals surface area contributed by atoms with E-state index >= 15 is 0 Å². The van der Waals surface area contributed by atoms with Gasteiger partial charge in [-0.15, -0.1) is 0 Å². The fraction of sp³-hybridized carbons (Fsp3) is 0.211. The van der Waals surface area contributed by atoms with Crippen molar-refractivity contribution in [1.29, 1.82) is 0 Å². The number of hydrazone groups is 1. The van der Waals surface area contributed by atoms with E-state index in [9.17, 15) is 18.0 Å². The summed E-state index contributed by atoms with van der Waals surface area (Å²) in [7, 11) is -3.69. The fourth-order valence-electron chi connectivity index (χ4n) is 2.44. The van der Waals surface area contributed by atoms with Gasteiger partial charge in [-0.1, -0.05) is 24.3 Å². The molecule has 0 aliphatic carbocycles. The van der Waals surface area contributed by atoms with Gasteiger partial charge in [0.15, 0.2) is 0 Å². The van der Waals surface area contributed by atoms with Crippen molar-refractivity contribution in [3.63, 3.8) is 0 Å². The molecule has 0 spiro atoms. The van der Waals surface area contributed by atoms with E-state index in [1.807, 2.05) is 0 Å². The van der Waals surface area contributed by atoms with Crippen molar-refractivity contribution in [2.24, 2.45) is 5.10 Å². The molecule has 2 aromatic carbocycles. The van der Waals surface area contributed by atoms with Crippen LogP contribution in [0.3, 0.4) is 0 Å². The predicted octanol–water partition coefficient (Wildman–Crippen LogP) is 2.71. The third-order valence-electron chi connectivity index (χ3n) is 3.76. The SMILES string of the molecule is CC(=O)Nc1cccc(/C(C)=N\NC(=O)CN(c2ccccc2Br)S(C)(=O)=O)c1. The number of anilines is 2. The van der Waals surface area contributed by atoms with E-state index in [1.54, 1.807) is 55.5 Å². The van der Waals surface area contributed by atoms with Crippen LogP contribution in [0.2, 0.25) is 0 Å². The molecular formula is C19H21BrN4O4S. The zero-order chi connectivity index (χ0) is 21.6. The Morgan fingerprint density at radius 1 is 1.10 bits per heavy atom. The van der Waals surface area contributed by atoms with Gasteiger partial charge in [0, 0.05) is 17.1 Å². The van der Waals surface area contributed by atoms with Crippen LogP contribution in [-0.4, -0.2) is 38.7 Å². The average Bonchev–Trinajstić information content (AvgIpc) is 2.63. The van der Waals surface area contributed by atoms with Gasteiger partial charge >= 0.3 is 0 Å². The number of sulfonamides is 1. The lowest BCUT2D eigenvalue weighted by Gasteiger charge is -2.22. The number of hydrogen-bond acceptors (Lipinski definition) is 5. The number of para-hydroxylation sites is 1. The normalized spacial score (nSPS) is 11.7. The van der Waals surface area contributed by atoms with Gasteiger partial charge in [-0.25, -0.2) is 13.8 Å². The standard InChI is InChI=1S/C19H21BrN4O4S/c1-13(15-7-6-8-16(11-15)21-14(2)25)22-23-19(26)12-24(29(3,27)28)18-10-5-4-9-17(18)20/h4-11H,12H2,1-3H3,(H,21,25)(H,23,26)/b22-13-. The Balaban J connectivity index is 2.14. The minimum atomic E-state index is -3.69. The highest BCUT2D eigenvalue weighted by Gasteiger charge is 2.22. The van der Waals surface area contributed by atoms with Gasteiger partial charge in [-0.05, 0) is 52.7 Å². The Labute approximate surface area is 178 Å². The Morgan fingerprint density at radius 3 is 2.41 bits per heavy atom. The Kier molecular flexibility index (Phi) is 7.52. The van der Waals surface area contributed by atoms with Crippen LogP contribution < -0.4 is 15.0 Å². The van der Waals surface area contributed by atoms with Gasteiger partial charge in [-0.3, -0.25) is 13.9 Å². The van der Waals surface area contributed by atoms with Gasteiger partial charge in [0.1, 0.15) is 6.54 Å². The first-order valence-corrected chi connectivity index (χ1v) is 11.2. The molecule has 0 aliphatic rings. The van der Waals surface area contributed by atoms with Gasteiger partial charge in [0.05, 0.1) is 17.7 Å². The molecule has 8 nitrogen and oxygen atoms in total. The van der Waals surface area contributed by atoms with Gasteiger partial charge in [-0.2, -0.15) is 5.10 Å². The highest BCUT2D eigenvalue weighted by Crippen LogP contribution is 2.27. The molecule has 0 saturated heterocycles. The lowest BCUT2D eigenvalue weighted by atomic mass is 10.1. The summed E-state index contributed by atoms with van der Waals surface area (Å²) < 4.78 is 25.9. The first-order chi connectivity index (χ1) is 13.6. The second-order valence-corrected chi connectivity index (χ2v) is 8.98. The third-order valence-corrected chi connectivity index (χ3v) is 5.55.